The first-order valence-corrected chi connectivity index (χ1v) is 11.5. The lowest BCUT2D eigenvalue weighted by Crippen LogP contribution is -2.30. The third-order valence-corrected chi connectivity index (χ3v) is 7.60. The summed E-state index contributed by atoms with van der Waals surface area (Å²) in [6, 6.07) is 13.8. The summed E-state index contributed by atoms with van der Waals surface area (Å²) in [6.07, 6.45) is 0. The van der Waals surface area contributed by atoms with Gasteiger partial charge in [0.2, 0.25) is 0 Å². The molecule has 0 aliphatic heterocycles. The van der Waals surface area contributed by atoms with Gasteiger partial charge < -0.3 is 5.32 Å². The molecule has 0 unspecified atom stereocenters. The van der Waals surface area contributed by atoms with E-state index in [9.17, 15) is 13.2 Å². The molecule has 0 radical (unpaired) electrons. The minimum atomic E-state index is -3.67. The number of thiophene rings is 1. The highest BCUT2D eigenvalue weighted by Gasteiger charge is 2.24. The molecule has 0 saturated carbocycles. The Morgan fingerprint density at radius 1 is 1.11 bits per heavy atom. The van der Waals surface area contributed by atoms with E-state index in [1.165, 1.54) is 15.6 Å². The number of anilines is 1. The molecule has 1 aromatic heterocycles. The second-order valence-electron chi connectivity index (χ2n) is 5.82. The van der Waals surface area contributed by atoms with Crippen LogP contribution in [0.2, 0.25) is 0 Å². The first kappa shape index (κ1) is 19.9. The summed E-state index contributed by atoms with van der Waals surface area (Å²) in [4.78, 5) is 12.9. The van der Waals surface area contributed by atoms with Crippen molar-refractivity contribution in [3.63, 3.8) is 0 Å². The molecule has 2 aromatic carbocycles. The van der Waals surface area contributed by atoms with Crippen molar-refractivity contribution in [1.82, 2.24) is 5.32 Å². The summed E-state index contributed by atoms with van der Waals surface area (Å²) in [5.74, 6) is -0.116. The Morgan fingerprint density at radius 2 is 1.81 bits per heavy atom. The monoisotopic (exact) mass is 466 g/mol. The van der Waals surface area contributed by atoms with E-state index in [-0.39, 0.29) is 10.8 Å². The van der Waals surface area contributed by atoms with E-state index >= 15 is 0 Å². The number of rotatable bonds is 6. The number of hydrogen-bond donors (Lipinski definition) is 1. The Morgan fingerprint density at radius 3 is 2.44 bits per heavy atom. The standard InChI is InChI=1S/C19H19BrN2O3S2/c1-3-21-19(23)18-12-13-11-15(7-10-17(13)26-18)22(4-2)27(24,25)16-8-5-14(20)6-9-16/h5-12H,3-4H2,1-2H3,(H,21,23). The fourth-order valence-electron chi connectivity index (χ4n) is 2.77. The fourth-order valence-corrected chi connectivity index (χ4v) is 5.46. The summed E-state index contributed by atoms with van der Waals surface area (Å²) in [6.45, 7) is 4.54. The molecular weight excluding hydrogens is 448 g/mol. The molecule has 1 N–H and O–H groups in total. The van der Waals surface area contributed by atoms with E-state index in [1.807, 2.05) is 19.1 Å². The van der Waals surface area contributed by atoms with Crippen molar-refractivity contribution in [2.45, 2.75) is 18.7 Å². The van der Waals surface area contributed by atoms with Crippen LogP contribution in [0.1, 0.15) is 23.5 Å². The lowest BCUT2D eigenvalue weighted by atomic mass is 10.2. The van der Waals surface area contributed by atoms with E-state index in [2.05, 4.69) is 21.2 Å². The zero-order valence-electron chi connectivity index (χ0n) is 14.9. The summed E-state index contributed by atoms with van der Waals surface area (Å²) >= 11 is 4.72. The van der Waals surface area contributed by atoms with Crippen LogP contribution in [0.5, 0.6) is 0 Å². The Balaban J connectivity index is 2.01. The van der Waals surface area contributed by atoms with Crippen molar-refractivity contribution < 1.29 is 13.2 Å². The van der Waals surface area contributed by atoms with Crippen LogP contribution in [-0.2, 0) is 10.0 Å². The molecular formula is C19H19BrN2O3S2. The van der Waals surface area contributed by atoms with Crippen LogP contribution < -0.4 is 9.62 Å². The van der Waals surface area contributed by atoms with Gasteiger partial charge in [0.15, 0.2) is 0 Å². The molecule has 0 saturated heterocycles. The number of fused-ring (bicyclic) bond motifs is 1. The smallest absolute Gasteiger partial charge is 0.264 e. The molecule has 3 rings (SSSR count). The van der Waals surface area contributed by atoms with Crippen molar-refractivity contribution in [1.29, 1.82) is 0 Å². The van der Waals surface area contributed by atoms with Gasteiger partial charge >= 0.3 is 0 Å². The Kier molecular flexibility index (Phi) is 5.88. The zero-order valence-corrected chi connectivity index (χ0v) is 18.1. The number of carbonyl (C=O) groups excluding carboxylic acids is 1. The minimum absolute atomic E-state index is 0.116. The van der Waals surface area contributed by atoms with Crippen molar-refractivity contribution >= 4 is 59.0 Å². The van der Waals surface area contributed by atoms with Gasteiger partial charge in [0.25, 0.3) is 15.9 Å². The number of nitrogens with one attached hydrogen (secondary N) is 1. The van der Waals surface area contributed by atoms with E-state index in [0.717, 1.165) is 14.6 Å². The normalized spacial score (nSPS) is 11.5. The third-order valence-electron chi connectivity index (χ3n) is 4.04. The van der Waals surface area contributed by atoms with Gasteiger partial charge in [-0.15, -0.1) is 11.3 Å². The third kappa shape index (κ3) is 4.02. The Bertz CT molecular complexity index is 1080. The quantitative estimate of drug-likeness (QED) is 0.575. The van der Waals surface area contributed by atoms with Gasteiger partial charge in [-0.2, -0.15) is 0 Å². The lowest BCUT2D eigenvalue weighted by Gasteiger charge is -2.23. The van der Waals surface area contributed by atoms with Gasteiger partial charge in [0, 0.05) is 22.3 Å². The highest BCUT2D eigenvalue weighted by molar-refractivity contribution is 9.10. The van der Waals surface area contributed by atoms with Crippen molar-refractivity contribution in [3.8, 4) is 0 Å². The van der Waals surface area contributed by atoms with Crippen molar-refractivity contribution in [3.05, 3.63) is 57.9 Å². The van der Waals surface area contributed by atoms with Crippen LogP contribution >= 0.6 is 27.3 Å². The minimum Gasteiger partial charge on any atom is -0.352 e. The van der Waals surface area contributed by atoms with E-state index in [1.54, 1.807) is 43.3 Å². The van der Waals surface area contributed by atoms with Crippen LogP contribution in [0.15, 0.2) is 57.9 Å². The fraction of sp³-hybridized carbons (Fsp3) is 0.211. The molecule has 0 fully saturated rings. The molecule has 8 heteroatoms. The predicted octanol–water partition coefficient (Wildman–Crippen LogP) is 4.63. The summed E-state index contributed by atoms with van der Waals surface area (Å²) in [5, 5.41) is 3.63. The number of hydrogen-bond acceptors (Lipinski definition) is 4. The molecule has 1 heterocycles. The van der Waals surface area contributed by atoms with Crippen LogP contribution in [0.4, 0.5) is 5.69 Å². The first-order chi connectivity index (χ1) is 12.9. The van der Waals surface area contributed by atoms with E-state index < -0.39 is 10.0 Å². The number of nitrogens with zero attached hydrogens (tertiary/aromatic N) is 1. The highest BCUT2D eigenvalue weighted by atomic mass is 79.9. The maximum absolute atomic E-state index is 13.1. The van der Waals surface area contributed by atoms with Gasteiger partial charge in [0.05, 0.1) is 15.5 Å². The number of halogens is 1. The maximum Gasteiger partial charge on any atom is 0.264 e. The van der Waals surface area contributed by atoms with E-state index in [4.69, 9.17) is 0 Å². The van der Waals surface area contributed by atoms with Crippen LogP contribution in [0.3, 0.4) is 0 Å². The lowest BCUT2D eigenvalue weighted by molar-refractivity contribution is 0.0960. The number of amides is 1. The van der Waals surface area contributed by atoms with Crippen LogP contribution in [0, 0.1) is 0 Å². The summed E-state index contributed by atoms with van der Waals surface area (Å²) in [7, 11) is -3.67. The van der Waals surface area contributed by atoms with Gasteiger partial charge in [-0.05, 0) is 67.8 Å². The molecule has 0 spiro atoms. The number of sulfonamides is 1. The Labute approximate surface area is 171 Å². The molecule has 0 aliphatic carbocycles. The first-order valence-electron chi connectivity index (χ1n) is 8.47. The number of carbonyl (C=O) groups is 1. The second kappa shape index (κ2) is 8.00. The molecule has 27 heavy (non-hydrogen) atoms. The summed E-state index contributed by atoms with van der Waals surface area (Å²) in [5.41, 5.74) is 0.577. The molecule has 0 bridgehead atoms. The predicted molar refractivity (Wildman–Crippen MR) is 114 cm³/mol. The Hall–Kier alpha value is -1.90. The van der Waals surface area contributed by atoms with Crippen LogP contribution in [-0.4, -0.2) is 27.4 Å². The van der Waals surface area contributed by atoms with Gasteiger partial charge in [-0.3, -0.25) is 9.10 Å². The second-order valence-corrected chi connectivity index (χ2v) is 9.68. The molecule has 0 aliphatic rings. The summed E-state index contributed by atoms with van der Waals surface area (Å²) < 4.78 is 29.3. The van der Waals surface area contributed by atoms with Crippen LogP contribution in [0.25, 0.3) is 10.1 Å². The molecule has 1 amide bonds. The molecule has 0 atom stereocenters. The zero-order chi connectivity index (χ0) is 19.6. The maximum atomic E-state index is 13.1. The molecule has 5 nitrogen and oxygen atoms in total. The van der Waals surface area contributed by atoms with E-state index in [0.29, 0.717) is 23.7 Å². The van der Waals surface area contributed by atoms with Crippen molar-refractivity contribution in [2.24, 2.45) is 0 Å². The highest BCUT2D eigenvalue weighted by Crippen LogP contribution is 2.32. The SMILES string of the molecule is CCNC(=O)c1cc2cc(N(CC)S(=O)(=O)c3ccc(Br)cc3)ccc2s1. The largest absolute Gasteiger partial charge is 0.352 e. The van der Waals surface area contributed by atoms with Crippen molar-refractivity contribution in [2.75, 3.05) is 17.4 Å². The average Bonchev–Trinajstić information content (AvgIpc) is 3.06. The average molecular weight is 467 g/mol. The molecule has 142 valence electrons. The topological polar surface area (TPSA) is 66.5 Å². The number of benzene rings is 2. The van der Waals surface area contributed by atoms with Gasteiger partial charge in [-0.25, -0.2) is 8.42 Å². The van der Waals surface area contributed by atoms with Gasteiger partial charge in [-0.1, -0.05) is 15.9 Å². The van der Waals surface area contributed by atoms with Gasteiger partial charge in [0.1, 0.15) is 0 Å². The molecule has 3 aromatic rings.